The summed E-state index contributed by atoms with van der Waals surface area (Å²) in [5, 5.41) is 19.8. The number of nitrogens with zero attached hydrogens (tertiary/aromatic N) is 6. The maximum absolute atomic E-state index is 12.9. The molecule has 0 saturated carbocycles. The number of carbonyl (C=O) groups excluding carboxylic acids is 2. The lowest BCUT2D eigenvalue weighted by molar-refractivity contribution is -0.118. The maximum atomic E-state index is 12.9. The van der Waals surface area contributed by atoms with E-state index in [9.17, 15) is 9.59 Å². The third-order valence-electron chi connectivity index (χ3n) is 6.47. The van der Waals surface area contributed by atoms with Crippen molar-refractivity contribution in [3.05, 3.63) is 70.9 Å². The lowest BCUT2D eigenvalue weighted by Crippen LogP contribution is -2.51. The SMILES string of the molecule is O=C(CC1CN(C(=O)c2cn[nH]n2)C1)Nc1ccc2cc1CCc1cncc(c1)Nc1ncc(Cl)c(n1)N2. The van der Waals surface area contributed by atoms with Gasteiger partial charge in [0, 0.05) is 43.0 Å². The van der Waals surface area contributed by atoms with E-state index >= 15 is 0 Å². The number of nitrogens with one attached hydrogen (secondary N) is 4. The molecule has 1 fully saturated rings. The molecule has 13 heteroatoms. The Hall–Kier alpha value is -4.58. The van der Waals surface area contributed by atoms with E-state index in [1.165, 1.54) is 12.4 Å². The van der Waals surface area contributed by atoms with Crippen molar-refractivity contribution in [3.63, 3.8) is 0 Å². The lowest BCUT2D eigenvalue weighted by atomic mass is 9.95. The van der Waals surface area contributed by atoms with E-state index in [2.05, 4.69) is 46.3 Å². The molecule has 192 valence electrons. The van der Waals surface area contributed by atoms with Crippen molar-refractivity contribution >= 4 is 52.2 Å². The van der Waals surface area contributed by atoms with E-state index in [0.29, 0.717) is 42.7 Å². The predicted molar refractivity (Wildman–Crippen MR) is 141 cm³/mol. The van der Waals surface area contributed by atoms with E-state index in [1.54, 1.807) is 11.1 Å². The molecule has 1 saturated heterocycles. The van der Waals surface area contributed by atoms with Crippen LogP contribution in [-0.4, -0.2) is 60.2 Å². The number of rotatable bonds is 4. The molecular formula is C25H23ClN10O2. The van der Waals surface area contributed by atoms with Crippen molar-refractivity contribution in [2.45, 2.75) is 19.3 Å². The fraction of sp³-hybridized carbons (Fsp3) is 0.240. The number of halogens is 1. The molecule has 0 aliphatic carbocycles. The first kappa shape index (κ1) is 23.8. The predicted octanol–water partition coefficient (Wildman–Crippen LogP) is 3.33. The summed E-state index contributed by atoms with van der Waals surface area (Å²) in [5.74, 6) is 0.669. The normalized spacial score (nSPS) is 14.6. The number of hydrogen-bond donors (Lipinski definition) is 4. The third kappa shape index (κ3) is 5.11. The molecule has 0 radical (unpaired) electrons. The van der Waals surface area contributed by atoms with Gasteiger partial charge in [-0.3, -0.25) is 14.6 Å². The summed E-state index contributed by atoms with van der Waals surface area (Å²) < 4.78 is 0. The summed E-state index contributed by atoms with van der Waals surface area (Å²) in [6.45, 7) is 1.02. The molecule has 6 bridgehead atoms. The second-order valence-electron chi connectivity index (χ2n) is 9.28. The molecule has 4 N–H and O–H groups in total. The van der Waals surface area contributed by atoms with Crippen molar-refractivity contribution in [2.24, 2.45) is 5.92 Å². The van der Waals surface area contributed by atoms with Crippen LogP contribution in [-0.2, 0) is 17.6 Å². The molecule has 2 aliphatic heterocycles. The molecule has 6 rings (SSSR count). The fourth-order valence-electron chi connectivity index (χ4n) is 4.55. The van der Waals surface area contributed by atoms with Crippen molar-refractivity contribution in [1.82, 2.24) is 35.3 Å². The van der Waals surface area contributed by atoms with Gasteiger partial charge in [-0.15, -0.1) is 0 Å². The number of anilines is 5. The molecule has 5 heterocycles. The number of hydrogen-bond acceptors (Lipinski definition) is 9. The van der Waals surface area contributed by atoms with Crippen molar-refractivity contribution < 1.29 is 9.59 Å². The first-order chi connectivity index (χ1) is 18.5. The minimum Gasteiger partial charge on any atom is -0.339 e. The van der Waals surface area contributed by atoms with E-state index in [1.807, 2.05) is 30.5 Å². The van der Waals surface area contributed by atoms with E-state index in [4.69, 9.17) is 11.6 Å². The molecule has 12 nitrogen and oxygen atoms in total. The van der Waals surface area contributed by atoms with Crippen LogP contribution in [0.4, 0.5) is 28.8 Å². The van der Waals surface area contributed by atoms with Gasteiger partial charge < -0.3 is 20.9 Å². The van der Waals surface area contributed by atoms with Crippen molar-refractivity contribution in [2.75, 3.05) is 29.0 Å². The quantitative estimate of drug-likeness (QED) is 0.311. The Labute approximate surface area is 222 Å². The second kappa shape index (κ2) is 10.1. The highest BCUT2D eigenvalue weighted by molar-refractivity contribution is 6.32. The van der Waals surface area contributed by atoms with Crippen LogP contribution in [0.1, 0.15) is 28.0 Å². The summed E-state index contributed by atoms with van der Waals surface area (Å²) in [6.07, 6.45) is 8.17. The average Bonchev–Trinajstić information content (AvgIpc) is 3.43. The molecule has 2 amide bonds. The molecule has 4 aromatic rings. The highest BCUT2D eigenvalue weighted by atomic mass is 35.5. The van der Waals surface area contributed by atoms with Crippen LogP contribution < -0.4 is 16.0 Å². The number of amides is 2. The zero-order chi connectivity index (χ0) is 26.1. The second-order valence-corrected chi connectivity index (χ2v) is 9.68. The van der Waals surface area contributed by atoms with Gasteiger partial charge in [0.2, 0.25) is 11.9 Å². The van der Waals surface area contributed by atoms with Gasteiger partial charge in [-0.2, -0.15) is 20.4 Å². The van der Waals surface area contributed by atoms with Gasteiger partial charge >= 0.3 is 0 Å². The summed E-state index contributed by atoms with van der Waals surface area (Å²) in [7, 11) is 0. The van der Waals surface area contributed by atoms with Crippen LogP contribution in [0.3, 0.4) is 0 Å². The smallest absolute Gasteiger partial charge is 0.276 e. The zero-order valence-corrected chi connectivity index (χ0v) is 20.9. The van der Waals surface area contributed by atoms with Gasteiger partial charge in [0.1, 0.15) is 5.02 Å². The summed E-state index contributed by atoms with van der Waals surface area (Å²) in [5.41, 5.74) is 4.56. The number of fused-ring (bicyclic) bond motifs is 6. The van der Waals surface area contributed by atoms with E-state index < -0.39 is 0 Å². The summed E-state index contributed by atoms with van der Waals surface area (Å²) in [4.78, 5) is 40.0. The van der Waals surface area contributed by atoms with Gasteiger partial charge in [0.05, 0.1) is 24.3 Å². The van der Waals surface area contributed by atoms with Crippen LogP contribution in [0.25, 0.3) is 0 Å². The molecule has 3 aromatic heterocycles. The Morgan fingerprint density at radius 1 is 1.05 bits per heavy atom. The topological polar surface area (TPSA) is 154 Å². The monoisotopic (exact) mass is 530 g/mol. The van der Waals surface area contributed by atoms with Crippen molar-refractivity contribution in [3.8, 4) is 0 Å². The lowest BCUT2D eigenvalue weighted by Gasteiger charge is -2.38. The molecule has 0 unspecified atom stereocenters. The van der Waals surface area contributed by atoms with Crippen LogP contribution in [0.15, 0.2) is 49.1 Å². The Morgan fingerprint density at radius 2 is 1.95 bits per heavy atom. The number of benzene rings is 1. The first-order valence-corrected chi connectivity index (χ1v) is 12.5. The fourth-order valence-corrected chi connectivity index (χ4v) is 4.69. The van der Waals surface area contributed by atoms with Crippen LogP contribution in [0.2, 0.25) is 5.02 Å². The number of pyridine rings is 1. The highest BCUT2D eigenvalue weighted by Crippen LogP contribution is 2.30. The van der Waals surface area contributed by atoms with Gasteiger partial charge in [-0.05, 0) is 48.2 Å². The van der Waals surface area contributed by atoms with Crippen LogP contribution in [0, 0.1) is 5.92 Å². The van der Waals surface area contributed by atoms with Crippen LogP contribution >= 0.6 is 11.6 Å². The Morgan fingerprint density at radius 3 is 2.79 bits per heavy atom. The highest BCUT2D eigenvalue weighted by Gasteiger charge is 2.33. The van der Waals surface area contributed by atoms with Gasteiger partial charge in [-0.25, -0.2) is 4.98 Å². The number of likely N-dealkylation sites (tertiary alicyclic amines) is 1. The molecular weight excluding hydrogens is 508 g/mol. The van der Waals surface area contributed by atoms with Gasteiger partial charge in [0.25, 0.3) is 5.91 Å². The molecule has 38 heavy (non-hydrogen) atoms. The van der Waals surface area contributed by atoms with Crippen LogP contribution in [0.5, 0.6) is 0 Å². The third-order valence-corrected chi connectivity index (χ3v) is 6.75. The number of H-pyrrole nitrogens is 1. The number of carbonyl (C=O) groups is 2. The number of aryl methyl sites for hydroxylation is 2. The van der Waals surface area contributed by atoms with Gasteiger partial charge in [0.15, 0.2) is 11.5 Å². The van der Waals surface area contributed by atoms with Gasteiger partial charge in [-0.1, -0.05) is 11.6 Å². The first-order valence-electron chi connectivity index (χ1n) is 12.1. The van der Waals surface area contributed by atoms with E-state index in [0.717, 1.165) is 34.6 Å². The van der Waals surface area contributed by atoms with Crippen molar-refractivity contribution in [1.29, 1.82) is 0 Å². The Balaban J connectivity index is 1.18. The molecule has 1 aromatic carbocycles. The Bertz CT molecular complexity index is 1500. The largest absolute Gasteiger partial charge is 0.339 e. The zero-order valence-electron chi connectivity index (χ0n) is 20.1. The van der Waals surface area contributed by atoms with E-state index in [-0.39, 0.29) is 23.4 Å². The number of aromatic amines is 1. The average molecular weight is 531 g/mol. The minimum absolute atomic E-state index is 0.0901. The Kier molecular flexibility index (Phi) is 6.30. The minimum atomic E-state index is -0.186. The summed E-state index contributed by atoms with van der Waals surface area (Å²) >= 11 is 6.34. The number of aromatic nitrogens is 6. The molecule has 0 spiro atoms. The maximum Gasteiger partial charge on any atom is 0.276 e. The molecule has 2 aliphatic rings. The molecule has 0 atom stereocenters. The summed E-state index contributed by atoms with van der Waals surface area (Å²) in [6, 6.07) is 7.73. The standard InChI is InChI=1S/C25H23ClN10O2/c26-19-10-28-25-31-18-5-14(8-27-9-18)1-2-16-7-17(30-23(19)33-25)3-4-20(16)32-22(37)6-15-12-36(13-15)24(38)21-11-29-35-34-21/h3-5,7-11,15H,1-2,6,12-13H2,(H,32,37)(H,29,34,35)(H2,28,30,31,33).